The second kappa shape index (κ2) is 12.1. The third-order valence-electron chi connectivity index (χ3n) is 10.4. The van der Waals surface area contributed by atoms with Gasteiger partial charge in [0.1, 0.15) is 11.2 Å². The number of fused-ring (bicyclic) bond motifs is 7. The highest BCUT2D eigenvalue weighted by atomic mass is 16.3. The van der Waals surface area contributed by atoms with E-state index in [0.717, 1.165) is 66.5 Å². The Hall–Kier alpha value is -7.37. The maximum absolute atomic E-state index is 6.86. The number of hydrogen-bond acceptors (Lipinski definition) is 4. The molecule has 3 aromatic heterocycles. The molecule has 252 valence electrons. The van der Waals surface area contributed by atoms with E-state index in [2.05, 4.69) is 126 Å². The van der Waals surface area contributed by atoms with Crippen molar-refractivity contribution in [1.29, 1.82) is 0 Å². The molecule has 3 heterocycles. The molecular formula is C49H30N4O. The van der Waals surface area contributed by atoms with Gasteiger partial charge in [0.15, 0.2) is 17.5 Å². The second-order valence-corrected chi connectivity index (χ2v) is 13.7. The molecule has 0 radical (unpaired) electrons. The van der Waals surface area contributed by atoms with Gasteiger partial charge >= 0.3 is 0 Å². The van der Waals surface area contributed by atoms with E-state index in [1.807, 2.05) is 60.7 Å². The van der Waals surface area contributed by atoms with Crippen LogP contribution in [0.25, 0.3) is 105 Å². The summed E-state index contributed by atoms with van der Waals surface area (Å²) in [5, 5.41) is 6.99. The molecule has 0 amide bonds. The van der Waals surface area contributed by atoms with E-state index in [4.69, 9.17) is 19.4 Å². The van der Waals surface area contributed by atoms with Crippen molar-refractivity contribution < 1.29 is 4.42 Å². The molecule has 0 saturated carbocycles. The minimum absolute atomic E-state index is 0.589. The van der Waals surface area contributed by atoms with Crippen molar-refractivity contribution in [3.8, 4) is 51.0 Å². The Balaban J connectivity index is 1.15. The second-order valence-electron chi connectivity index (χ2n) is 13.7. The normalized spacial score (nSPS) is 11.7. The zero-order valence-corrected chi connectivity index (χ0v) is 29.0. The fourth-order valence-electron chi connectivity index (χ4n) is 7.88. The maximum Gasteiger partial charge on any atom is 0.164 e. The lowest BCUT2D eigenvalue weighted by molar-refractivity contribution is 0.669. The summed E-state index contributed by atoms with van der Waals surface area (Å²) in [6.45, 7) is 0. The molecule has 11 rings (SSSR count). The predicted octanol–water partition coefficient (Wildman–Crippen LogP) is 12.7. The van der Waals surface area contributed by atoms with Crippen molar-refractivity contribution >= 4 is 54.5 Å². The third kappa shape index (κ3) is 4.90. The molecule has 0 aliphatic heterocycles. The lowest BCUT2D eigenvalue weighted by Gasteiger charge is -2.12. The summed E-state index contributed by atoms with van der Waals surface area (Å²) in [6.07, 6.45) is 0. The van der Waals surface area contributed by atoms with Crippen LogP contribution in [0.4, 0.5) is 0 Å². The fourth-order valence-corrected chi connectivity index (χ4v) is 7.88. The monoisotopic (exact) mass is 690 g/mol. The minimum atomic E-state index is 0.589. The molecule has 0 saturated heterocycles. The summed E-state index contributed by atoms with van der Waals surface area (Å²) >= 11 is 0. The highest BCUT2D eigenvalue weighted by Crippen LogP contribution is 2.42. The van der Waals surface area contributed by atoms with Crippen LogP contribution in [0.15, 0.2) is 186 Å². The maximum atomic E-state index is 6.86. The number of benzene rings is 8. The topological polar surface area (TPSA) is 56.7 Å². The van der Waals surface area contributed by atoms with Crippen LogP contribution in [0.5, 0.6) is 0 Å². The smallest absolute Gasteiger partial charge is 0.164 e. The summed E-state index contributed by atoms with van der Waals surface area (Å²) in [5.41, 5.74) is 9.89. The van der Waals surface area contributed by atoms with Crippen LogP contribution in [0.3, 0.4) is 0 Å². The van der Waals surface area contributed by atoms with Crippen LogP contribution in [0.1, 0.15) is 0 Å². The summed E-state index contributed by atoms with van der Waals surface area (Å²) in [5.74, 6) is 1.84. The highest BCUT2D eigenvalue weighted by Gasteiger charge is 2.20. The Morgan fingerprint density at radius 3 is 1.63 bits per heavy atom. The predicted molar refractivity (Wildman–Crippen MR) is 221 cm³/mol. The number of para-hydroxylation sites is 1. The van der Waals surface area contributed by atoms with E-state index in [1.165, 1.54) is 21.5 Å². The number of rotatable bonds is 5. The average molecular weight is 691 g/mol. The zero-order chi connectivity index (χ0) is 35.6. The summed E-state index contributed by atoms with van der Waals surface area (Å²) in [6, 6.07) is 63.4. The van der Waals surface area contributed by atoms with Gasteiger partial charge in [0, 0.05) is 44.3 Å². The van der Waals surface area contributed by atoms with E-state index in [1.54, 1.807) is 0 Å². The molecule has 54 heavy (non-hydrogen) atoms. The van der Waals surface area contributed by atoms with Crippen molar-refractivity contribution in [1.82, 2.24) is 19.5 Å². The molecule has 0 aliphatic rings. The molecule has 0 bridgehead atoms. The van der Waals surface area contributed by atoms with Crippen LogP contribution in [-0.2, 0) is 0 Å². The number of hydrogen-bond donors (Lipinski definition) is 0. The van der Waals surface area contributed by atoms with E-state index in [0.29, 0.717) is 17.5 Å². The van der Waals surface area contributed by atoms with Crippen LogP contribution in [0.2, 0.25) is 0 Å². The first-order valence-corrected chi connectivity index (χ1v) is 18.1. The fraction of sp³-hybridized carbons (Fsp3) is 0. The number of aromatic nitrogens is 4. The van der Waals surface area contributed by atoms with Gasteiger partial charge in [-0.05, 0) is 58.3 Å². The van der Waals surface area contributed by atoms with Gasteiger partial charge in [-0.3, -0.25) is 0 Å². The molecular weight excluding hydrogens is 661 g/mol. The largest absolute Gasteiger partial charge is 0.456 e. The Morgan fingerprint density at radius 2 is 0.944 bits per heavy atom. The van der Waals surface area contributed by atoms with Crippen molar-refractivity contribution in [3.05, 3.63) is 182 Å². The van der Waals surface area contributed by atoms with E-state index in [-0.39, 0.29) is 0 Å². The Kier molecular flexibility index (Phi) is 6.79. The van der Waals surface area contributed by atoms with Gasteiger partial charge in [0.05, 0.1) is 16.7 Å². The van der Waals surface area contributed by atoms with Gasteiger partial charge < -0.3 is 8.98 Å². The average Bonchev–Trinajstić information content (AvgIpc) is 3.78. The molecule has 0 unspecified atom stereocenters. The molecule has 8 aromatic carbocycles. The Labute approximate surface area is 310 Å². The van der Waals surface area contributed by atoms with E-state index < -0.39 is 0 Å². The molecule has 0 fully saturated rings. The molecule has 0 aliphatic carbocycles. The molecule has 0 spiro atoms. The first kappa shape index (κ1) is 30.3. The van der Waals surface area contributed by atoms with Crippen molar-refractivity contribution in [2.75, 3.05) is 0 Å². The minimum Gasteiger partial charge on any atom is -0.456 e. The van der Waals surface area contributed by atoms with Crippen LogP contribution < -0.4 is 0 Å². The van der Waals surface area contributed by atoms with Gasteiger partial charge in [-0.1, -0.05) is 140 Å². The first-order chi connectivity index (χ1) is 26.7. The lowest BCUT2D eigenvalue weighted by Crippen LogP contribution is -2.00. The van der Waals surface area contributed by atoms with Gasteiger partial charge in [-0.25, -0.2) is 15.0 Å². The molecule has 0 atom stereocenters. The van der Waals surface area contributed by atoms with Crippen LogP contribution >= 0.6 is 0 Å². The van der Waals surface area contributed by atoms with Gasteiger partial charge in [0.25, 0.3) is 0 Å². The Morgan fingerprint density at radius 1 is 0.370 bits per heavy atom. The Bertz CT molecular complexity index is 3140. The zero-order valence-electron chi connectivity index (χ0n) is 29.0. The first-order valence-electron chi connectivity index (χ1n) is 18.1. The van der Waals surface area contributed by atoms with Crippen molar-refractivity contribution in [2.45, 2.75) is 0 Å². The SMILES string of the molecule is c1ccc(-c2nc(-c3ccccc3)nc(-c3ccc4c(c3)oc3cc(-n5c6ccccc6c6cc7ccccc7cc65)cc(-c5ccccc5)c34)n2)cc1. The van der Waals surface area contributed by atoms with E-state index in [9.17, 15) is 0 Å². The van der Waals surface area contributed by atoms with Crippen LogP contribution in [0, 0.1) is 0 Å². The summed E-state index contributed by atoms with van der Waals surface area (Å²) < 4.78 is 9.23. The van der Waals surface area contributed by atoms with Crippen molar-refractivity contribution in [2.24, 2.45) is 0 Å². The van der Waals surface area contributed by atoms with Gasteiger partial charge in [-0.15, -0.1) is 0 Å². The summed E-state index contributed by atoms with van der Waals surface area (Å²) in [7, 11) is 0. The van der Waals surface area contributed by atoms with E-state index >= 15 is 0 Å². The molecule has 5 heteroatoms. The molecule has 11 aromatic rings. The van der Waals surface area contributed by atoms with Crippen LogP contribution in [-0.4, -0.2) is 19.5 Å². The molecule has 5 nitrogen and oxygen atoms in total. The highest BCUT2D eigenvalue weighted by molar-refractivity contribution is 6.16. The van der Waals surface area contributed by atoms with Crippen molar-refractivity contribution in [3.63, 3.8) is 0 Å². The molecule has 0 N–H and O–H groups in total. The van der Waals surface area contributed by atoms with Gasteiger partial charge in [0.2, 0.25) is 0 Å². The van der Waals surface area contributed by atoms with Gasteiger partial charge in [-0.2, -0.15) is 0 Å². The number of nitrogens with zero attached hydrogens (tertiary/aromatic N) is 4. The quantitative estimate of drug-likeness (QED) is 0.180. The third-order valence-corrected chi connectivity index (χ3v) is 10.4. The lowest BCUT2D eigenvalue weighted by atomic mass is 9.98. The summed E-state index contributed by atoms with van der Waals surface area (Å²) in [4.78, 5) is 14.9. The number of furan rings is 1. The standard InChI is InChI=1S/C49H30N4O/c1-4-14-31(15-5-1)40-29-37(53-42-23-13-12-22-38(42)41-26-34-20-10-11-21-35(34)27-43(41)53)30-45-46(40)39-25-24-36(28-44(39)54-45)49-51-47(32-16-6-2-7-17-32)50-48(52-49)33-18-8-3-9-19-33/h1-30H.